The number of thiophene rings is 1. The first-order valence-electron chi connectivity index (χ1n) is 11.6. The Morgan fingerprint density at radius 2 is 1.79 bits per heavy atom. The van der Waals surface area contributed by atoms with Crippen molar-refractivity contribution in [2.24, 2.45) is 0 Å². The lowest BCUT2D eigenvalue weighted by Crippen LogP contribution is -2.48. The highest BCUT2D eigenvalue weighted by Crippen LogP contribution is 2.33. The van der Waals surface area contributed by atoms with Crippen molar-refractivity contribution in [2.45, 2.75) is 26.3 Å². The van der Waals surface area contributed by atoms with E-state index in [1.54, 1.807) is 23.1 Å². The largest absolute Gasteiger partial charge is 0.497 e. The van der Waals surface area contributed by atoms with Crippen LogP contribution in [0.1, 0.15) is 25.1 Å². The van der Waals surface area contributed by atoms with Crippen molar-refractivity contribution in [1.82, 2.24) is 14.7 Å². The summed E-state index contributed by atoms with van der Waals surface area (Å²) >= 11 is 1.67. The number of fused-ring (bicyclic) bond motifs is 3. The van der Waals surface area contributed by atoms with Crippen LogP contribution in [0, 0.1) is 6.92 Å². The van der Waals surface area contributed by atoms with E-state index in [9.17, 15) is 4.79 Å². The fraction of sp³-hybridized carbons (Fsp3) is 0.385. The fourth-order valence-electron chi connectivity index (χ4n) is 4.79. The van der Waals surface area contributed by atoms with E-state index in [-0.39, 0.29) is 11.6 Å². The number of anilines is 1. The van der Waals surface area contributed by atoms with E-state index >= 15 is 0 Å². The van der Waals surface area contributed by atoms with Gasteiger partial charge in [-0.05, 0) is 43.7 Å². The van der Waals surface area contributed by atoms with Crippen LogP contribution >= 0.6 is 11.3 Å². The van der Waals surface area contributed by atoms with Gasteiger partial charge in [-0.1, -0.05) is 25.1 Å². The van der Waals surface area contributed by atoms with Gasteiger partial charge in [0.15, 0.2) is 0 Å². The lowest BCUT2D eigenvalue weighted by molar-refractivity contribution is 0.207. The standard InChI is InChI=1S/C26H30N4O2S/c1-4-19(17-28-13-15-29(16-14-28)20-9-11-21(32-3)12-10-20)30-26(31)24-22-7-5-6-8-23(22)33-25(24)18(2)27-30/h5-12,19H,4,13-17H2,1-3H3. The predicted molar refractivity (Wildman–Crippen MR) is 137 cm³/mol. The zero-order valence-electron chi connectivity index (χ0n) is 19.5. The average molecular weight is 463 g/mol. The molecule has 1 aliphatic rings. The Morgan fingerprint density at radius 1 is 1.06 bits per heavy atom. The van der Waals surface area contributed by atoms with E-state index in [2.05, 4.69) is 41.0 Å². The maximum Gasteiger partial charge on any atom is 0.276 e. The summed E-state index contributed by atoms with van der Waals surface area (Å²) in [5, 5.41) is 6.65. The van der Waals surface area contributed by atoms with Crippen molar-refractivity contribution in [2.75, 3.05) is 44.7 Å². The van der Waals surface area contributed by atoms with Gasteiger partial charge >= 0.3 is 0 Å². The van der Waals surface area contributed by atoms with E-state index in [1.165, 1.54) is 5.69 Å². The van der Waals surface area contributed by atoms with Crippen LogP contribution in [-0.2, 0) is 0 Å². The number of methoxy groups -OCH3 is 1. The van der Waals surface area contributed by atoms with E-state index in [0.29, 0.717) is 0 Å². The number of piperazine rings is 1. The summed E-state index contributed by atoms with van der Waals surface area (Å²) in [6, 6.07) is 16.5. The summed E-state index contributed by atoms with van der Waals surface area (Å²) in [7, 11) is 1.69. The summed E-state index contributed by atoms with van der Waals surface area (Å²) in [4.78, 5) is 18.4. The highest BCUT2D eigenvalue weighted by atomic mass is 32.1. The molecule has 1 saturated heterocycles. The SMILES string of the molecule is CCC(CN1CCN(c2ccc(OC)cc2)CC1)n1nc(C)c2sc3ccccc3c2c1=O. The molecule has 0 amide bonds. The molecular formula is C26H30N4O2S. The molecule has 7 heteroatoms. The Morgan fingerprint density at radius 3 is 2.48 bits per heavy atom. The monoisotopic (exact) mass is 462 g/mol. The zero-order chi connectivity index (χ0) is 22.9. The van der Waals surface area contributed by atoms with Crippen molar-refractivity contribution in [3.05, 3.63) is 64.6 Å². The second-order valence-electron chi connectivity index (χ2n) is 8.69. The van der Waals surface area contributed by atoms with Crippen LogP contribution in [0.4, 0.5) is 5.69 Å². The molecule has 0 bridgehead atoms. The zero-order valence-corrected chi connectivity index (χ0v) is 20.3. The molecule has 33 heavy (non-hydrogen) atoms. The van der Waals surface area contributed by atoms with Gasteiger partial charge in [-0.3, -0.25) is 9.69 Å². The van der Waals surface area contributed by atoms with Gasteiger partial charge in [-0.2, -0.15) is 5.10 Å². The van der Waals surface area contributed by atoms with Gasteiger partial charge in [0, 0.05) is 48.5 Å². The number of hydrogen-bond acceptors (Lipinski definition) is 6. The molecule has 0 spiro atoms. The summed E-state index contributed by atoms with van der Waals surface area (Å²) in [5.41, 5.74) is 2.20. The molecule has 1 atom stereocenters. The molecule has 0 aliphatic carbocycles. The van der Waals surface area contributed by atoms with Gasteiger partial charge in [0.2, 0.25) is 0 Å². The highest BCUT2D eigenvalue weighted by molar-refractivity contribution is 7.26. The molecule has 1 unspecified atom stereocenters. The maximum atomic E-state index is 13.6. The Bertz CT molecular complexity index is 1320. The lowest BCUT2D eigenvalue weighted by atomic mass is 10.1. The third-order valence-electron chi connectivity index (χ3n) is 6.70. The van der Waals surface area contributed by atoms with Crippen LogP contribution in [0.2, 0.25) is 0 Å². The van der Waals surface area contributed by atoms with Gasteiger partial charge in [0.25, 0.3) is 5.56 Å². The minimum Gasteiger partial charge on any atom is -0.497 e. The number of aromatic nitrogens is 2. The second kappa shape index (κ2) is 9.15. The lowest BCUT2D eigenvalue weighted by Gasteiger charge is -2.37. The first kappa shape index (κ1) is 21.9. The van der Waals surface area contributed by atoms with Crippen molar-refractivity contribution in [3.63, 3.8) is 0 Å². The second-order valence-corrected chi connectivity index (χ2v) is 9.74. The van der Waals surface area contributed by atoms with Crippen molar-refractivity contribution >= 4 is 37.2 Å². The maximum absolute atomic E-state index is 13.6. The van der Waals surface area contributed by atoms with E-state index in [1.807, 2.05) is 31.2 Å². The molecule has 2 aromatic carbocycles. The van der Waals surface area contributed by atoms with Crippen LogP contribution in [0.25, 0.3) is 20.2 Å². The average Bonchev–Trinajstić information content (AvgIpc) is 3.26. The quantitative estimate of drug-likeness (QED) is 0.416. The molecule has 6 nitrogen and oxygen atoms in total. The highest BCUT2D eigenvalue weighted by Gasteiger charge is 2.23. The number of hydrogen-bond donors (Lipinski definition) is 0. The Kier molecular flexibility index (Phi) is 6.08. The first-order chi connectivity index (χ1) is 16.1. The van der Waals surface area contributed by atoms with E-state index in [0.717, 1.165) is 70.8 Å². The molecule has 0 N–H and O–H groups in total. The van der Waals surface area contributed by atoms with Gasteiger partial charge in [-0.25, -0.2) is 4.68 Å². The molecule has 3 heterocycles. The van der Waals surface area contributed by atoms with Crippen molar-refractivity contribution in [3.8, 4) is 5.75 Å². The number of ether oxygens (including phenoxy) is 1. The summed E-state index contributed by atoms with van der Waals surface area (Å²) < 4.78 is 9.19. The van der Waals surface area contributed by atoms with Crippen LogP contribution in [-0.4, -0.2) is 54.5 Å². The Labute approximate surface area is 198 Å². The molecule has 4 aromatic rings. The number of nitrogens with zero attached hydrogens (tertiary/aromatic N) is 4. The van der Waals surface area contributed by atoms with Crippen LogP contribution in [0.5, 0.6) is 5.75 Å². The van der Waals surface area contributed by atoms with Gasteiger partial charge in [0.1, 0.15) is 5.75 Å². The first-order valence-corrected chi connectivity index (χ1v) is 12.4. The normalized spacial score (nSPS) is 15.9. The molecule has 0 saturated carbocycles. The van der Waals surface area contributed by atoms with Crippen LogP contribution in [0.3, 0.4) is 0 Å². The van der Waals surface area contributed by atoms with Crippen LogP contribution < -0.4 is 15.2 Å². The van der Waals surface area contributed by atoms with Gasteiger partial charge in [-0.15, -0.1) is 11.3 Å². The molecule has 5 rings (SSSR count). The molecule has 1 aliphatic heterocycles. The number of benzene rings is 2. The molecule has 172 valence electrons. The summed E-state index contributed by atoms with van der Waals surface area (Å²) in [6.45, 7) is 8.90. The van der Waals surface area contributed by atoms with Gasteiger partial charge in [0.05, 0.1) is 28.9 Å². The minimum atomic E-state index is 0.0387. The molecule has 1 fully saturated rings. The fourth-order valence-corrected chi connectivity index (χ4v) is 5.92. The van der Waals surface area contributed by atoms with E-state index < -0.39 is 0 Å². The summed E-state index contributed by atoms with van der Waals surface area (Å²) in [6.07, 6.45) is 0.874. The Hall–Kier alpha value is -2.90. The van der Waals surface area contributed by atoms with Crippen LogP contribution in [0.15, 0.2) is 53.3 Å². The number of aryl methyl sites for hydroxylation is 1. The predicted octanol–water partition coefficient (Wildman–Crippen LogP) is 4.70. The topological polar surface area (TPSA) is 50.6 Å². The summed E-state index contributed by atoms with van der Waals surface area (Å²) in [5.74, 6) is 0.881. The third kappa shape index (κ3) is 4.11. The van der Waals surface area contributed by atoms with Crippen molar-refractivity contribution in [1.29, 1.82) is 0 Å². The van der Waals surface area contributed by atoms with Crippen molar-refractivity contribution < 1.29 is 4.74 Å². The molecule has 0 radical (unpaired) electrons. The molecular weight excluding hydrogens is 432 g/mol. The smallest absolute Gasteiger partial charge is 0.276 e. The van der Waals surface area contributed by atoms with Gasteiger partial charge < -0.3 is 9.64 Å². The minimum absolute atomic E-state index is 0.0387. The number of rotatable bonds is 6. The Balaban J connectivity index is 1.35. The van der Waals surface area contributed by atoms with E-state index in [4.69, 9.17) is 9.84 Å². The third-order valence-corrected chi connectivity index (χ3v) is 7.98. The molecule has 2 aromatic heterocycles.